The topological polar surface area (TPSA) is 31.4 Å². The van der Waals surface area contributed by atoms with Gasteiger partial charge < -0.3 is 9.31 Å². The maximum atomic E-state index is 6.09. The van der Waals surface area contributed by atoms with Gasteiger partial charge in [-0.1, -0.05) is 11.6 Å². The van der Waals surface area contributed by atoms with Gasteiger partial charge in [-0.25, -0.2) is 0 Å². The van der Waals surface area contributed by atoms with E-state index >= 15 is 0 Å². The van der Waals surface area contributed by atoms with Crippen LogP contribution in [0.5, 0.6) is 0 Å². The molecular weight excluding hydrogens is 224 g/mol. The Morgan fingerprint density at radius 2 is 1.75 bits per heavy atom. The molecule has 1 aliphatic heterocycles. The van der Waals surface area contributed by atoms with Crippen LogP contribution in [0.1, 0.15) is 27.7 Å². The predicted octanol–water partition coefficient (Wildman–Crippen LogP) is 2.03. The Hall–Kier alpha value is -0.575. The zero-order chi connectivity index (χ0) is 12.0. The van der Waals surface area contributed by atoms with Crippen molar-refractivity contribution in [2.45, 2.75) is 38.9 Å². The van der Waals surface area contributed by atoms with Gasteiger partial charge in [-0.2, -0.15) is 0 Å². The normalized spacial score (nSPS) is 22.4. The van der Waals surface area contributed by atoms with Crippen molar-refractivity contribution < 1.29 is 9.31 Å². The van der Waals surface area contributed by atoms with Crippen LogP contribution in [0, 0.1) is 0 Å². The number of rotatable bonds is 1. The molecule has 1 saturated heterocycles. The molecule has 86 valence electrons. The molecule has 0 aliphatic carbocycles. The Kier molecular flexibility index (Phi) is 2.77. The first-order valence-electron chi connectivity index (χ1n) is 5.28. The van der Waals surface area contributed by atoms with E-state index in [9.17, 15) is 0 Å². The smallest absolute Gasteiger partial charge is 0.399 e. The van der Waals surface area contributed by atoms with Crippen LogP contribution >= 0.6 is 11.6 Å². The van der Waals surface area contributed by atoms with Gasteiger partial charge in [0.25, 0.3) is 0 Å². The highest BCUT2D eigenvalue weighted by atomic mass is 35.5. The highest BCUT2D eigenvalue weighted by molar-refractivity contribution is 6.65. The van der Waals surface area contributed by atoms with Gasteiger partial charge in [0.1, 0.15) is 0 Å². The van der Waals surface area contributed by atoms with Gasteiger partial charge in [0.05, 0.1) is 11.2 Å². The molecule has 0 radical (unpaired) electrons. The van der Waals surface area contributed by atoms with Crippen molar-refractivity contribution in [1.29, 1.82) is 0 Å². The van der Waals surface area contributed by atoms with Gasteiger partial charge in [0, 0.05) is 22.9 Å². The molecule has 1 aromatic heterocycles. The van der Waals surface area contributed by atoms with E-state index in [2.05, 4.69) is 4.98 Å². The number of hydrogen-bond acceptors (Lipinski definition) is 3. The highest BCUT2D eigenvalue weighted by Gasteiger charge is 2.52. The average molecular weight is 240 g/mol. The summed E-state index contributed by atoms with van der Waals surface area (Å²) in [5, 5.41) is 0.619. The van der Waals surface area contributed by atoms with Crippen molar-refractivity contribution in [2.24, 2.45) is 0 Å². The first kappa shape index (κ1) is 11.9. The van der Waals surface area contributed by atoms with Crippen LogP contribution in [0.25, 0.3) is 0 Å². The molecular formula is C11H15BClNO2. The first-order chi connectivity index (χ1) is 7.33. The lowest BCUT2D eigenvalue weighted by molar-refractivity contribution is 0.00578. The molecule has 3 nitrogen and oxygen atoms in total. The van der Waals surface area contributed by atoms with Crippen molar-refractivity contribution in [3.63, 3.8) is 0 Å². The van der Waals surface area contributed by atoms with Crippen LogP contribution < -0.4 is 5.46 Å². The summed E-state index contributed by atoms with van der Waals surface area (Å²) >= 11 is 6.09. The summed E-state index contributed by atoms with van der Waals surface area (Å²) < 4.78 is 11.8. The lowest BCUT2D eigenvalue weighted by atomic mass is 9.80. The fourth-order valence-corrected chi connectivity index (χ4v) is 1.73. The third kappa shape index (κ3) is 1.86. The van der Waals surface area contributed by atoms with Crippen molar-refractivity contribution in [3.8, 4) is 0 Å². The number of hydrogen-bond donors (Lipinski definition) is 0. The third-order valence-electron chi connectivity index (χ3n) is 3.30. The monoisotopic (exact) mass is 239 g/mol. The molecule has 0 amide bonds. The number of aromatic nitrogens is 1. The zero-order valence-electron chi connectivity index (χ0n) is 9.95. The van der Waals surface area contributed by atoms with E-state index in [0.717, 1.165) is 5.46 Å². The number of halogens is 1. The van der Waals surface area contributed by atoms with Crippen LogP contribution in [-0.4, -0.2) is 23.3 Å². The van der Waals surface area contributed by atoms with Crippen LogP contribution in [-0.2, 0) is 9.31 Å². The summed E-state index contributed by atoms with van der Waals surface area (Å²) in [5.74, 6) is 0. The summed E-state index contributed by atoms with van der Waals surface area (Å²) in [6, 6.07) is 1.74. The van der Waals surface area contributed by atoms with Crippen molar-refractivity contribution in [3.05, 3.63) is 23.5 Å². The Bertz CT molecular complexity index is 393. The molecule has 0 spiro atoms. The zero-order valence-corrected chi connectivity index (χ0v) is 10.7. The SMILES string of the molecule is CC1(C)OB(c2cnccc2Cl)OC1(C)C. The minimum absolute atomic E-state index is 0.350. The molecule has 0 aromatic carbocycles. The standard InChI is InChI=1S/C11H15BClNO2/c1-10(2)11(3,4)16-12(15-10)8-7-14-6-5-9(8)13/h5-7H,1-4H3. The van der Waals surface area contributed by atoms with Crippen molar-refractivity contribution in [1.82, 2.24) is 4.98 Å². The third-order valence-corrected chi connectivity index (χ3v) is 3.65. The second-order valence-electron chi connectivity index (χ2n) is 4.99. The molecule has 0 unspecified atom stereocenters. The maximum absolute atomic E-state index is 6.09. The minimum atomic E-state index is -0.439. The van der Waals surface area contributed by atoms with Gasteiger partial charge in [0.15, 0.2) is 0 Å². The van der Waals surface area contributed by atoms with Gasteiger partial charge in [-0.15, -0.1) is 0 Å². The summed E-state index contributed by atoms with van der Waals surface area (Å²) in [6.45, 7) is 8.04. The van der Waals surface area contributed by atoms with E-state index in [0.29, 0.717) is 5.02 Å². The highest BCUT2D eigenvalue weighted by Crippen LogP contribution is 2.36. The first-order valence-corrected chi connectivity index (χ1v) is 5.66. The van der Waals surface area contributed by atoms with Gasteiger partial charge in [-0.3, -0.25) is 4.98 Å². The molecule has 16 heavy (non-hydrogen) atoms. The fourth-order valence-electron chi connectivity index (χ4n) is 1.53. The van der Waals surface area contributed by atoms with Crippen LogP contribution in [0.3, 0.4) is 0 Å². The quantitative estimate of drug-likeness (QED) is 0.703. The van der Waals surface area contributed by atoms with Crippen molar-refractivity contribution >= 4 is 24.2 Å². The van der Waals surface area contributed by atoms with E-state index in [1.165, 1.54) is 0 Å². The lowest BCUT2D eigenvalue weighted by Crippen LogP contribution is -2.41. The Morgan fingerprint density at radius 1 is 1.19 bits per heavy atom. The molecule has 1 aliphatic rings. The molecule has 1 fully saturated rings. The minimum Gasteiger partial charge on any atom is -0.399 e. The lowest BCUT2D eigenvalue weighted by Gasteiger charge is -2.32. The van der Waals surface area contributed by atoms with Crippen molar-refractivity contribution in [2.75, 3.05) is 0 Å². The fraction of sp³-hybridized carbons (Fsp3) is 0.545. The molecule has 2 heterocycles. The van der Waals surface area contributed by atoms with Gasteiger partial charge >= 0.3 is 7.12 Å². The number of nitrogens with zero attached hydrogens (tertiary/aromatic N) is 1. The van der Waals surface area contributed by atoms with E-state index < -0.39 is 7.12 Å². The van der Waals surface area contributed by atoms with E-state index in [1.54, 1.807) is 18.5 Å². The summed E-state index contributed by atoms with van der Waals surface area (Å²) in [4.78, 5) is 4.04. The second kappa shape index (κ2) is 3.72. The molecule has 0 N–H and O–H groups in total. The number of pyridine rings is 1. The average Bonchev–Trinajstić information content (AvgIpc) is 2.36. The van der Waals surface area contributed by atoms with E-state index in [4.69, 9.17) is 20.9 Å². The Balaban J connectivity index is 2.31. The Morgan fingerprint density at radius 3 is 2.25 bits per heavy atom. The molecule has 0 atom stereocenters. The maximum Gasteiger partial charge on any atom is 0.497 e. The largest absolute Gasteiger partial charge is 0.497 e. The van der Waals surface area contributed by atoms with Gasteiger partial charge in [-0.05, 0) is 33.8 Å². The van der Waals surface area contributed by atoms with Crippen LogP contribution in [0.15, 0.2) is 18.5 Å². The molecule has 0 bridgehead atoms. The summed E-state index contributed by atoms with van der Waals surface area (Å²) in [5.41, 5.74) is 0.0797. The molecule has 0 saturated carbocycles. The Labute approximate surface area is 101 Å². The summed E-state index contributed by atoms with van der Waals surface area (Å²) in [7, 11) is -0.439. The van der Waals surface area contributed by atoms with E-state index in [-0.39, 0.29) is 11.2 Å². The van der Waals surface area contributed by atoms with E-state index in [1.807, 2.05) is 27.7 Å². The molecule has 1 aromatic rings. The summed E-state index contributed by atoms with van der Waals surface area (Å²) in [6.07, 6.45) is 3.33. The van der Waals surface area contributed by atoms with Crippen LogP contribution in [0.4, 0.5) is 0 Å². The molecule has 2 rings (SSSR count). The van der Waals surface area contributed by atoms with Gasteiger partial charge in [0.2, 0.25) is 0 Å². The predicted molar refractivity (Wildman–Crippen MR) is 65.0 cm³/mol. The van der Waals surface area contributed by atoms with Crippen LogP contribution in [0.2, 0.25) is 5.02 Å². The molecule has 5 heteroatoms. The second-order valence-corrected chi connectivity index (χ2v) is 5.39.